The average Bonchev–Trinajstić information content (AvgIpc) is 3.01. The quantitative estimate of drug-likeness (QED) is 0.646. The van der Waals surface area contributed by atoms with Gasteiger partial charge in [0.25, 0.3) is 0 Å². The van der Waals surface area contributed by atoms with E-state index < -0.39 is 18.1 Å². The maximum atomic E-state index is 12.2. The number of aliphatic carboxylic acids is 1. The van der Waals surface area contributed by atoms with Crippen LogP contribution in [0.2, 0.25) is 0 Å². The maximum Gasteiger partial charge on any atom is 0.326 e. The smallest absolute Gasteiger partial charge is 0.326 e. The molecule has 2 heterocycles. The van der Waals surface area contributed by atoms with Crippen LogP contribution in [0.3, 0.4) is 0 Å². The van der Waals surface area contributed by atoms with Crippen LogP contribution in [-0.4, -0.2) is 75.9 Å². The van der Waals surface area contributed by atoms with E-state index in [0.717, 1.165) is 19.5 Å². The number of urea groups is 1. The van der Waals surface area contributed by atoms with Crippen LogP contribution in [-0.2, 0) is 4.79 Å². The predicted molar refractivity (Wildman–Crippen MR) is 70.3 cm³/mol. The van der Waals surface area contributed by atoms with E-state index in [-0.39, 0.29) is 25.0 Å². The van der Waals surface area contributed by atoms with Crippen molar-refractivity contribution < 1.29 is 19.8 Å². The molecule has 112 valence electrons. The summed E-state index contributed by atoms with van der Waals surface area (Å²) in [5, 5.41) is 21.6. The van der Waals surface area contributed by atoms with E-state index in [1.807, 2.05) is 0 Å². The van der Waals surface area contributed by atoms with Crippen molar-refractivity contribution in [1.82, 2.24) is 15.1 Å². The topological polar surface area (TPSA) is 93.1 Å². The van der Waals surface area contributed by atoms with Gasteiger partial charge in [-0.3, -0.25) is 4.90 Å². The second kappa shape index (κ2) is 5.21. The Morgan fingerprint density at radius 2 is 1.90 bits per heavy atom. The van der Waals surface area contributed by atoms with Crippen molar-refractivity contribution in [1.29, 1.82) is 0 Å². The van der Waals surface area contributed by atoms with E-state index in [1.54, 1.807) is 0 Å². The molecule has 3 rings (SSSR count). The van der Waals surface area contributed by atoms with Crippen LogP contribution in [0.15, 0.2) is 0 Å². The van der Waals surface area contributed by atoms with Gasteiger partial charge in [0.15, 0.2) is 0 Å². The van der Waals surface area contributed by atoms with Crippen molar-refractivity contribution in [2.24, 2.45) is 0 Å². The molecule has 0 spiro atoms. The van der Waals surface area contributed by atoms with Crippen molar-refractivity contribution in [2.45, 2.75) is 49.9 Å². The number of nitrogens with zero attached hydrogens (tertiary/aromatic N) is 2. The van der Waals surface area contributed by atoms with Crippen molar-refractivity contribution >= 4 is 12.0 Å². The molecule has 7 heteroatoms. The Balaban J connectivity index is 1.54. The SMILES string of the molecule is O=C(O)[C@H]1C[C@@H](O)CN1C(=O)NC1CCN(C2CC2)C1. The van der Waals surface area contributed by atoms with Gasteiger partial charge in [-0.15, -0.1) is 0 Å². The van der Waals surface area contributed by atoms with Crippen LogP contribution in [0.5, 0.6) is 0 Å². The minimum atomic E-state index is -1.05. The molecule has 3 N–H and O–H groups in total. The lowest BCUT2D eigenvalue weighted by Gasteiger charge is -2.24. The highest BCUT2D eigenvalue weighted by Crippen LogP contribution is 2.30. The summed E-state index contributed by atoms with van der Waals surface area (Å²) in [6, 6.07) is -0.491. The van der Waals surface area contributed by atoms with E-state index in [1.165, 1.54) is 17.7 Å². The number of aliphatic hydroxyl groups is 1. The van der Waals surface area contributed by atoms with Gasteiger partial charge in [-0.2, -0.15) is 0 Å². The van der Waals surface area contributed by atoms with Crippen molar-refractivity contribution in [3.8, 4) is 0 Å². The molecule has 2 saturated heterocycles. The molecule has 2 aliphatic heterocycles. The highest BCUT2D eigenvalue weighted by atomic mass is 16.4. The van der Waals surface area contributed by atoms with Gasteiger partial charge < -0.3 is 20.4 Å². The summed E-state index contributed by atoms with van der Waals surface area (Å²) in [7, 11) is 0. The number of carboxylic acids is 1. The summed E-state index contributed by atoms with van der Waals surface area (Å²) in [5.41, 5.74) is 0. The molecule has 3 aliphatic rings. The summed E-state index contributed by atoms with van der Waals surface area (Å²) in [5.74, 6) is -1.05. The zero-order valence-corrected chi connectivity index (χ0v) is 11.4. The van der Waals surface area contributed by atoms with Crippen LogP contribution < -0.4 is 5.32 Å². The van der Waals surface area contributed by atoms with Crippen LogP contribution in [0.4, 0.5) is 4.79 Å². The Hall–Kier alpha value is -1.34. The van der Waals surface area contributed by atoms with Gasteiger partial charge in [-0.25, -0.2) is 9.59 Å². The molecule has 0 aromatic carbocycles. The fraction of sp³-hybridized carbons (Fsp3) is 0.846. The highest BCUT2D eigenvalue weighted by Gasteiger charge is 2.40. The number of likely N-dealkylation sites (tertiary alicyclic amines) is 2. The van der Waals surface area contributed by atoms with Gasteiger partial charge in [-0.05, 0) is 19.3 Å². The van der Waals surface area contributed by atoms with Crippen LogP contribution in [0, 0.1) is 0 Å². The van der Waals surface area contributed by atoms with Crippen molar-refractivity contribution in [3.63, 3.8) is 0 Å². The summed E-state index contributed by atoms with van der Waals surface area (Å²) in [4.78, 5) is 26.9. The monoisotopic (exact) mass is 283 g/mol. The molecular formula is C13H21N3O4. The lowest BCUT2D eigenvalue weighted by Crippen LogP contribution is -2.49. The average molecular weight is 283 g/mol. The first-order chi connectivity index (χ1) is 9.54. The summed E-state index contributed by atoms with van der Waals surface area (Å²) >= 11 is 0. The number of carbonyl (C=O) groups excluding carboxylic acids is 1. The fourth-order valence-corrected chi connectivity index (χ4v) is 3.21. The molecule has 0 radical (unpaired) electrons. The number of hydrogen-bond donors (Lipinski definition) is 3. The minimum Gasteiger partial charge on any atom is -0.480 e. The molecule has 3 atom stereocenters. The standard InChI is InChI=1S/C13H21N3O4/c17-10-5-11(12(18)19)16(7-10)13(20)14-8-3-4-15(6-8)9-1-2-9/h8-11,17H,1-7H2,(H,14,20)(H,18,19)/t8?,10-,11-/m1/s1. The molecule has 0 aromatic rings. The normalized spacial score (nSPS) is 34.5. The molecule has 1 saturated carbocycles. The Kier molecular flexibility index (Phi) is 3.55. The van der Waals surface area contributed by atoms with E-state index in [4.69, 9.17) is 5.11 Å². The zero-order chi connectivity index (χ0) is 14.3. The third kappa shape index (κ3) is 2.73. The minimum absolute atomic E-state index is 0.0929. The zero-order valence-electron chi connectivity index (χ0n) is 11.4. The first-order valence-electron chi connectivity index (χ1n) is 7.26. The van der Waals surface area contributed by atoms with E-state index >= 15 is 0 Å². The molecule has 0 aromatic heterocycles. The maximum absolute atomic E-state index is 12.2. The number of carbonyl (C=O) groups is 2. The van der Waals surface area contributed by atoms with E-state index in [2.05, 4.69) is 10.2 Å². The Morgan fingerprint density at radius 1 is 1.15 bits per heavy atom. The van der Waals surface area contributed by atoms with Crippen LogP contribution in [0.25, 0.3) is 0 Å². The van der Waals surface area contributed by atoms with Gasteiger partial charge in [0.2, 0.25) is 0 Å². The summed E-state index contributed by atoms with van der Waals surface area (Å²) in [6.07, 6.45) is 2.78. The Labute approximate surface area is 117 Å². The van der Waals surface area contributed by atoms with E-state index in [0.29, 0.717) is 6.04 Å². The molecular weight excluding hydrogens is 262 g/mol. The summed E-state index contributed by atoms with van der Waals surface area (Å²) < 4.78 is 0. The van der Waals surface area contributed by atoms with Gasteiger partial charge in [-0.1, -0.05) is 0 Å². The van der Waals surface area contributed by atoms with Gasteiger partial charge in [0, 0.05) is 38.1 Å². The number of hydrogen-bond acceptors (Lipinski definition) is 4. The predicted octanol–water partition coefficient (Wildman–Crippen LogP) is -0.547. The molecule has 20 heavy (non-hydrogen) atoms. The second-order valence-corrected chi connectivity index (χ2v) is 6.06. The molecule has 7 nitrogen and oxygen atoms in total. The number of aliphatic hydroxyl groups excluding tert-OH is 1. The number of carboxylic acid groups (broad SMARTS) is 1. The number of rotatable bonds is 3. The van der Waals surface area contributed by atoms with Gasteiger partial charge in [0.1, 0.15) is 6.04 Å². The third-order valence-corrected chi connectivity index (χ3v) is 4.44. The first kappa shape index (κ1) is 13.6. The van der Waals surface area contributed by atoms with Crippen LogP contribution in [0.1, 0.15) is 25.7 Å². The molecule has 2 amide bonds. The van der Waals surface area contributed by atoms with Gasteiger partial charge in [0.05, 0.1) is 6.10 Å². The molecule has 0 bridgehead atoms. The van der Waals surface area contributed by atoms with Crippen molar-refractivity contribution in [3.05, 3.63) is 0 Å². The van der Waals surface area contributed by atoms with Crippen LogP contribution >= 0.6 is 0 Å². The Bertz CT molecular complexity index is 412. The molecule has 1 unspecified atom stereocenters. The van der Waals surface area contributed by atoms with Gasteiger partial charge >= 0.3 is 12.0 Å². The number of nitrogens with one attached hydrogen (secondary N) is 1. The molecule has 1 aliphatic carbocycles. The van der Waals surface area contributed by atoms with Crippen molar-refractivity contribution in [2.75, 3.05) is 19.6 Å². The van der Waals surface area contributed by atoms with E-state index in [9.17, 15) is 14.7 Å². The Morgan fingerprint density at radius 3 is 2.55 bits per heavy atom. The second-order valence-electron chi connectivity index (χ2n) is 6.06. The first-order valence-corrected chi connectivity index (χ1v) is 7.26. The number of amides is 2. The summed E-state index contributed by atoms with van der Waals surface area (Å²) in [6.45, 7) is 1.95. The third-order valence-electron chi connectivity index (χ3n) is 4.44. The molecule has 3 fully saturated rings. The number of β-amino-alcohol motifs (C(OH)–C–C–N with tert-alkyl or cyclic N) is 1. The lowest BCUT2D eigenvalue weighted by atomic mass is 10.2. The largest absolute Gasteiger partial charge is 0.480 e. The lowest BCUT2D eigenvalue weighted by molar-refractivity contribution is -0.141. The highest BCUT2D eigenvalue weighted by molar-refractivity contribution is 5.83. The fourth-order valence-electron chi connectivity index (χ4n) is 3.21.